The summed E-state index contributed by atoms with van der Waals surface area (Å²) in [5.41, 5.74) is 5.72. The molecule has 1 atom stereocenters. The number of hydrogen-bond acceptors (Lipinski definition) is 5. The quantitative estimate of drug-likeness (QED) is 0.832. The number of nitrogens with one attached hydrogen (secondary N) is 1. The van der Waals surface area contributed by atoms with E-state index in [0.717, 1.165) is 5.56 Å². The Labute approximate surface area is 132 Å². The summed E-state index contributed by atoms with van der Waals surface area (Å²) in [7, 11) is 0. The highest BCUT2D eigenvalue weighted by atomic mass is 16.6. The van der Waals surface area contributed by atoms with Gasteiger partial charge >= 0.3 is 6.09 Å². The number of ether oxygens (including phenoxy) is 1. The molecule has 0 aliphatic carbocycles. The highest BCUT2D eigenvalue weighted by Crippen LogP contribution is 2.34. The number of nitrogen functional groups attached to an aromatic ring is 1. The van der Waals surface area contributed by atoms with Crippen LogP contribution in [0.1, 0.15) is 46.2 Å². The molecule has 2 heterocycles. The molecule has 1 unspecified atom stereocenters. The monoisotopic (exact) mass is 306 g/mol. The number of nitrogens with zero attached hydrogens (tertiary/aromatic N) is 2. The van der Waals surface area contributed by atoms with Gasteiger partial charge in [-0.15, -0.1) is 0 Å². The lowest BCUT2D eigenvalue weighted by molar-refractivity contribution is -0.0146. The van der Waals surface area contributed by atoms with Gasteiger partial charge in [0.05, 0.1) is 11.6 Å². The van der Waals surface area contributed by atoms with Crippen LogP contribution < -0.4 is 11.1 Å². The minimum absolute atomic E-state index is 0.0260. The third-order valence-corrected chi connectivity index (χ3v) is 3.84. The van der Waals surface area contributed by atoms with Gasteiger partial charge in [-0.1, -0.05) is 6.07 Å². The van der Waals surface area contributed by atoms with Gasteiger partial charge in [0, 0.05) is 19.3 Å². The first-order chi connectivity index (χ1) is 10.1. The second kappa shape index (κ2) is 5.76. The Kier molecular flexibility index (Phi) is 4.33. The SMILES string of the molecule is CC(C)(C)OC(=O)N1CCNC(c2ccc(N)nc2)C1(C)C. The fourth-order valence-electron chi connectivity index (χ4n) is 2.77. The van der Waals surface area contributed by atoms with Crippen molar-refractivity contribution in [3.63, 3.8) is 0 Å². The van der Waals surface area contributed by atoms with Gasteiger partial charge < -0.3 is 15.8 Å². The lowest BCUT2D eigenvalue weighted by atomic mass is 9.86. The number of rotatable bonds is 1. The highest BCUT2D eigenvalue weighted by Gasteiger charge is 2.43. The summed E-state index contributed by atoms with van der Waals surface area (Å²) in [6.07, 6.45) is 1.47. The maximum atomic E-state index is 12.5. The van der Waals surface area contributed by atoms with Gasteiger partial charge in [-0.05, 0) is 46.2 Å². The summed E-state index contributed by atoms with van der Waals surface area (Å²) >= 11 is 0. The molecule has 22 heavy (non-hydrogen) atoms. The van der Waals surface area contributed by atoms with Crippen LogP contribution in [0.3, 0.4) is 0 Å². The molecule has 0 aromatic carbocycles. The molecule has 1 aromatic heterocycles. The molecule has 6 heteroatoms. The van der Waals surface area contributed by atoms with Crippen molar-refractivity contribution in [2.45, 2.75) is 51.8 Å². The zero-order valence-electron chi connectivity index (χ0n) is 14.0. The normalized spacial score (nSPS) is 21.5. The van der Waals surface area contributed by atoms with E-state index < -0.39 is 11.1 Å². The number of aromatic nitrogens is 1. The number of hydrogen-bond donors (Lipinski definition) is 2. The summed E-state index contributed by atoms with van der Waals surface area (Å²) in [5, 5.41) is 3.46. The van der Waals surface area contributed by atoms with Gasteiger partial charge in [0.25, 0.3) is 0 Å². The van der Waals surface area contributed by atoms with Crippen molar-refractivity contribution in [2.24, 2.45) is 0 Å². The summed E-state index contributed by atoms with van der Waals surface area (Å²) in [6, 6.07) is 3.70. The van der Waals surface area contributed by atoms with E-state index in [1.807, 2.05) is 40.7 Å². The van der Waals surface area contributed by atoms with Crippen LogP contribution in [-0.4, -0.2) is 40.2 Å². The van der Waals surface area contributed by atoms with Gasteiger partial charge in [0.1, 0.15) is 11.4 Å². The smallest absolute Gasteiger partial charge is 0.410 e. The maximum Gasteiger partial charge on any atom is 0.410 e. The standard InChI is InChI=1S/C16H26N4O2/c1-15(2,3)22-14(21)20-9-8-18-13(16(20,4)5)11-6-7-12(17)19-10-11/h6-7,10,13,18H,8-9H2,1-5H3,(H2,17,19). The molecule has 3 N–H and O–H groups in total. The molecule has 6 nitrogen and oxygen atoms in total. The van der Waals surface area contributed by atoms with Crippen LogP contribution >= 0.6 is 0 Å². The molecule has 1 aliphatic rings. The van der Waals surface area contributed by atoms with Crippen molar-refractivity contribution < 1.29 is 9.53 Å². The molecule has 1 aliphatic heterocycles. The first-order valence-electron chi connectivity index (χ1n) is 7.57. The number of carbonyl (C=O) groups is 1. The molecule has 122 valence electrons. The van der Waals surface area contributed by atoms with Crippen LogP contribution in [0.4, 0.5) is 10.6 Å². The second-order valence-corrected chi connectivity index (χ2v) is 7.19. The largest absolute Gasteiger partial charge is 0.444 e. The second-order valence-electron chi connectivity index (χ2n) is 7.19. The molecule has 2 rings (SSSR count). The first-order valence-corrected chi connectivity index (χ1v) is 7.57. The van der Waals surface area contributed by atoms with Crippen LogP contribution in [0.2, 0.25) is 0 Å². The van der Waals surface area contributed by atoms with E-state index in [1.165, 1.54) is 0 Å². The Morgan fingerprint density at radius 1 is 1.45 bits per heavy atom. The van der Waals surface area contributed by atoms with E-state index in [0.29, 0.717) is 18.9 Å². The van der Waals surface area contributed by atoms with Crippen LogP contribution in [0.25, 0.3) is 0 Å². The van der Waals surface area contributed by atoms with Crippen molar-refractivity contribution >= 4 is 11.9 Å². The number of piperazine rings is 1. The molecular weight excluding hydrogens is 280 g/mol. The van der Waals surface area contributed by atoms with Crippen LogP contribution in [0.5, 0.6) is 0 Å². The number of anilines is 1. The Morgan fingerprint density at radius 3 is 2.68 bits per heavy atom. The molecule has 0 saturated carbocycles. The molecule has 0 bridgehead atoms. The molecule has 1 saturated heterocycles. The highest BCUT2D eigenvalue weighted by molar-refractivity contribution is 5.69. The average molecular weight is 306 g/mol. The van der Waals surface area contributed by atoms with Crippen molar-refractivity contribution in [2.75, 3.05) is 18.8 Å². The summed E-state index contributed by atoms with van der Waals surface area (Å²) < 4.78 is 5.54. The number of carbonyl (C=O) groups excluding carboxylic acids is 1. The van der Waals surface area contributed by atoms with Gasteiger partial charge in [-0.3, -0.25) is 4.90 Å². The summed E-state index contributed by atoms with van der Waals surface area (Å²) in [6.45, 7) is 11.0. The molecular formula is C16H26N4O2. The van der Waals surface area contributed by atoms with Gasteiger partial charge in [-0.2, -0.15) is 0 Å². The number of nitrogens with two attached hydrogens (primary N) is 1. The van der Waals surface area contributed by atoms with E-state index in [9.17, 15) is 4.79 Å². The molecule has 1 fully saturated rings. The third kappa shape index (κ3) is 3.50. The predicted molar refractivity (Wildman–Crippen MR) is 86.4 cm³/mol. The fraction of sp³-hybridized carbons (Fsp3) is 0.625. The van der Waals surface area contributed by atoms with E-state index in [1.54, 1.807) is 17.2 Å². The van der Waals surface area contributed by atoms with Crippen molar-refractivity contribution in [3.8, 4) is 0 Å². The lowest BCUT2D eigenvalue weighted by Gasteiger charge is -2.48. The van der Waals surface area contributed by atoms with Crippen LogP contribution in [0.15, 0.2) is 18.3 Å². The Hall–Kier alpha value is -1.82. The topological polar surface area (TPSA) is 80.5 Å². The Balaban J connectivity index is 2.24. The third-order valence-electron chi connectivity index (χ3n) is 3.84. The molecule has 1 amide bonds. The summed E-state index contributed by atoms with van der Waals surface area (Å²) in [4.78, 5) is 18.4. The van der Waals surface area contributed by atoms with E-state index in [4.69, 9.17) is 10.5 Å². The molecule has 0 spiro atoms. The first kappa shape index (κ1) is 16.5. The predicted octanol–water partition coefficient (Wildman–Crippen LogP) is 2.32. The zero-order chi connectivity index (χ0) is 16.5. The van der Waals surface area contributed by atoms with Crippen molar-refractivity contribution in [3.05, 3.63) is 23.9 Å². The Bertz CT molecular complexity index is 534. The number of pyridine rings is 1. The molecule has 0 radical (unpaired) electrons. The van der Waals surface area contributed by atoms with Gasteiger partial charge in [0.15, 0.2) is 0 Å². The lowest BCUT2D eigenvalue weighted by Crippen LogP contribution is -2.62. The van der Waals surface area contributed by atoms with E-state index in [-0.39, 0.29) is 12.1 Å². The Morgan fingerprint density at radius 2 is 2.14 bits per heavy atom. The fourth-order valence-corrected chi connectivity index (χ4v) is 2.77. The minimum atomic E-state index is -0.504. The summed E-state index contributed by atoms with van der Waals surface area (Å²) in [5.74, 6) is 0.487. The van der Waals surface area contributed by atoms with Crippen LogP contribution in [-0.2, 0) is 4.74 Å². The van der Waals surface area contributed by atoms with Crippen molar-refractivity contribution in [1.82, 2.24) is 15.2 Å². The zero-order valence-corrected chi connectivity index (χ0v) is 14.0. The average Bonchev–Trinajstić information content (AvgIpc) is 2.37. The minimum Gasteiger partial charge on any atom is -0.444 e. The van der Waals surface area contributed by atoms with E-state index >= 15 is 0 Å². The molecule has 1 aromatic rings. The maximum absolute atomic E-state index is 12.5. The van der Waals surface area contributed by atoms with Crippen molar-refractivity contribution in [1.29, 1.82) is 0 Å². The number of amides is 1. The van der Waals surface area contributed by atoms with Gasteiger partial charge in [0.2, 0.25) is 0 Å². The van der Waals surface area contributed by atoms with Gasteiger partial charge in [-0.25, -0.2) is 9.78 Å². The van der Waals surface area contributed by atoms with Crippen LogP contribution in [0, 0.1) is 0 Å². The van der Waals surface area contributed by atoms with E-state index in [2.05, 4.69) is 10.3 Å².